The molecule has 0 saturated heterocycles. The van der Waals surface area contributed by atoms with Gasteiger partial charge in [-0.05, 0) is 42.5 Å². The van der Waals surface area contributed by atoms with E-state index in [1.54, 1.807) is 6.07 Å². The molecule has 1 N–H and O–H groups in total. The van der Waals surface area contributed by atoms with Gasteiger partial charge in [-0.25, -0.2) is 4.79 Å². The van der Waals surface area contributed by atoms with Crippen LogP contribution in [-0.4, -0.2) is 17.7 Å². The van der Waals surface area contributed by atoms with E-state index in [0.717, 1.165) is 41.9 Å². The summed E-state index contributed by atoms with van der Waals surface area (Å²) >= 11 is 0. The maximum absolute atomic E-state index is 11.3. The summed E-state index contributed by atoms with van der Waals surface area (Å²) in [5, 5.41) is 9.24. The van der Waals surface area contributed by atoms with Gasteiger partial charge in [0, 0.05) is 5.56 Å². The van der Waals surface area contributed by atoms with Gasteiger partial charge >= 0.3 is 5.97 Å². The first-order valence-corrected chi connectivity index (χ1v) is 6.76. The Morgan fingerprint density at radius 3 is 2.90 bits per heavy atom. The summed E-state index contributed by atoms with van der Waals surface area (Å²) in [6, 6.07) is 11.6. The molecule has 3 heteroatoms. The van der Waals surface area contributed by atoms with E-state index in [1.165, 1.54) is 5.56 Å². The smallest absolute Gasteiger partial charge is 0.335 e. The van der Waals surface area contributed by atoms with E-state index < -0.39 is 5.97 Å². The monoisotopic (exact) mass is 268 g/mol. The van der Waals surface area contributed by atoms with Crippen molar-refractivity contribution in [2.45, 2.75) is 19.8 Å². The maximum atomic E-state index is 11.3. The fraction of sp³-hybridized carbons (Fsp3) is 0.235. The largest absolute Gasteiger partial charge is 0.493 e. The van der Waals surface area contributed by atoms with Gasteiger partial charge in [0.05, 0.1) is 12.2 Å². The van der Waals surface area contributed by atoms with Gasteiger partial charge in [0.15, 0.2) is 0 Å². The highest BCUT2D eigenvalue weighted by atomic mass is 16.5. The second kappa shape index (κ2) is 5.00. The molecule has 102 valence electrons. The Hall–Kier alpha value is -2.29. The summed E-state index contributed by atoms with van der Waals surface area (Å²) < 4.78 is 5.79. The van der Waals surface area contributed by atoms with Gasteiger partial charge in [-0.15, -0.1) is 0 Å². The first-order chi connectivity index (χ1) is 9.66. The Kier molecular flexibility index (Phi) is 3.18. The van der Waals surface area contributed by atoms with Gasteiger partial charge in [0.25, 0.3) is 0 Å². The zero-order chi connectivity index (χ0) is 14.1. The lowest BCUT2D eigenvalue weighted by Crippen LogP contribution is -2.09. The van der Waals surface area contributed by atoms with Crippen LogP contribution in [-0.2, 0) is 6.42 Å². The Balaban J connectivity index is 2.14. The van der Waals surface area contributed by atoms with E-state index in [4.69, 9.17) is 4.74 Å². The van der Waals surface area contributed by atoms with Gasteiger partial charge in [-0.3, -0.25) is 0 Å². The molecule has 2 aromatic carbocycles. The number of aromatic carboxylic acids is 1. The van der Waals surface area contributed by atoms with Crippen molar-refractivity contribution in [2.75, 3.05) is 6.61 Å². The minimum Gasteiger partial charge on any atom is -0.493 e. The molecule has 0 aromatic heterocycles. The highest BCUT2D eigenvalue weighted by molar-refractivity contribution is 5.91. The molecule has 0 saturated carbocycles. The van der Waals surface area contributed by atoms with Crippen LogP contribution in [0.25, 0.3) is 11.1 Å². The molecule has 3 nitrogen and oxygen atoms in total. The lowest BCUT2D eigenvalue weighted by Gasteiger charge is -2.20. The van der Waals surface area contributed by atoms with Crippen LogP contribution in [0, 0.1) is 6.92 Å². The summed E-state index contributed by atoms with van der Waals surface area (Å²) in [5.41, 5.74) is 4.19. The number of ether oxygens (including phenoxy) is 1. The minimum absolute atomic E-state index is 0.343. The Morgan fingerprint density at radius 1 is 1.25 bits per heavy atom. The molecule has 1 heterocycles. The molecule has 20 heavy (non-hydrogen) atoms. The Morgan fingerprint density at radius 2 is 2.10 bits per heavy atom. The molecule has 0 radical (unpaired) electrons. The average Bonchev–Trinajstić information content (AvgIpc) is 2.47. The molecular weight excluding hydrogens is 252 g/mol. The highest BCUT2D eigenvalue weighted by Gasteiger charge is 2.17. The third kappa shape index (κ3) is 2.16. The second-order valence-electron chi connectivity index (χ2n) is 5.08. The van der Waals surface area contributed by atoms with Gasteiger partial charge in [0.1, 0.15) is 5.75 Å². The third-order valence-electron chi connectivity index (χ3n) is 3.71. The normalized spacial score (nSPS) is 13.4. The van der Waals surface area contributed by atoms with Crippen LogP contribution in [0.2, 0.25) is 0 Å². The topological polar surface area (TPSA) is 46.5 Å². The number of para-hydroxylation sites is 1. The zero-order valence-electron chi connectivity index (χ0n) is 11.3. The van der Waals surface area contributed by atoms with Crippen molar-refractivity contribution in [1.82, 2.24) is 0 Å². The molecule has 1 aliphatic heterocycles. The molecule has 0 spiro atoms. The van der Waals surface area contributed by atoms with E-state index in [1.807, 2.05) is 31.2 Å². The molecular formula is C17H16O3. The quantitative estimate of drug-likeness (QED) is 0.903. The van der Waals surface area contributed by atoms with Crippen LogP contribution in [0.15, 0.2) is 36.4 Å². The molecule has 0 bridgehead atoms. The van der Waals surface area contributed by atoms with Crippen molar-refractivity contribution < 1.29 is 14.6 Å². The van der Waals surface area contributed by atoms with E-state index in [-0.39, 0.29) is 0 Å². The van der Waals surface area contributed by atoms with Crippen molar-refractivity contribution >= 4 is 5.97 Å². The molecule has 0 unspecified atom stereocenters. The Bertz CT molecular complexity index is 674. The number of benzene rings is 2. The summed E-state index contributed by atoms with van der Waals surface area (Å²) in [6.45, 7) is 2.53. The third-order valence-corrected chi connectivity index (χ3v) is 3.71. The van der Waals surface area contributed by atoms with E-state index in [0.29, 0.717) is 5.56 Å². The number of fused-ring (bicyclic) bond motifs is 1. The zero-order valence-corrected chi connectivity index (χ0v) is 11.3. The number of aryl methyl sites for hydroxylation is 2. The molecule has 3 rings (SSSR count). The van der Waals surface area contributed by atoms with Gasteiger partial charge in [-0.2, -0.15) is 0 Å². The molecule has 0 aliphatic carbocycles. The van der Waals surface area contributed by atoms with E-state index in [9.17, 15) is 9.90 Å². The van der Waals surface area contributed by atoms with E-state index in [2.05, 4.69) is 6.07 Å². The average molecular weight is 268 g/mol. The predicted molar refractivity (Wildman–Crippen MR) is 77.4 cm³/mol. The summed E-state index contributed by atoms with van der Waals surface area (Å²) in [7, 11) is 0. The van der Waals surface area contributed by atoms with Crippen molar-refractivity contribution in [3.63, 3.8) is 0 Å². The van der Waals surface area contributed by atoms with Crippen molar-refractivity contribution in [3.05, 3.63) is 53.1 Å². The molecule has 0 fully saturated rings. The highest BCUT2D eigenvalue weighted by Crippen LogP contribution is 2.36. The molecule has 2 aromatic rings. The number of hydrogen-bond donors (Lipinski definition) is 1. The Labute approximate surface area is 117 Å². The van der Waals surface area contributed by atoms with Crippen LogP contribution in [0.5, 0.6) is 5.75 Å². The lowest BCUT2D eigenvalue weighted by molar-refractivity contribution is 0.0696. The minimum atomic E-state index is -0.893. The van der Waals surface area contributed by atoms with Gasteiger partial charge in [-0.1, -0.05) is 30.3 Å². The summed E-state index contributed by atoms with van der Waals surface area (Å²) in [6.07, 6.45) is 2.05. The standard InChI is InChI=1S/C17H16O3/c1-11-7-8-13(10-15(11)17(18)19)14-6-2-4-12-5-3-9-20-16(12)14/h2,4,6-8,10H,3,5,9H2,1H3,(H,18,19). The van der Waals surface area contributed by atoms with E-state index >= 15 is 0 Å². The summed E-state index contributed by atoms with van der Waals surface area (Å²) in [4.78, 5) is 11.3. The van der Waals surface area contributed by atoms with Gasteiger partial charge < -0.3 is 9.84 Å². The molecule has 0 amide bonds. The second-order valence-corrected chi connectivity index (χ2v) is 5.08. The van der Waals surface area contributed by atoms with Crippen LogP contribution < -0.4 is 4.74 Å². The molecule has 0 atom stereocenters. The predicted octanol–water partition coefficient (Wildman–Crippen LogP) is 3.69. The number of rotatable bonds is 2. The molecule has 1 aliphatic rings. The lowest BCUT2D eigenvalue weighted by atomic mass is 9.95. The fourth-order valence-electron chi connectivity index (χ4n) is 2.64. The van der Waals surface area contributed by atoms with Crippen LogP contribution >= 0.6 is 0 Å². The van der Waals surface area contributed by atoms with Crippen molar-refractivity contribution in [2.24, 2.45) is 0 Å². The van der Waals surface area contributed by atoms with Crippen LogP contribution in [0.1, 0.15) is 27.9 Å². The van der Waals surface area contributed by atoms with Crippen molar-refractivity contribution in [1.29, 1.82) is 0 Å². The number of hydrogen-bond acceptors (Lipinski definition) is 2. The van der Waals surface area contributed by atoms with Crippen LogP contribution in [0.3, 0.4) is 0 Å². The first-order valence-electron chi connectivity index (χ1n) is 6.76. The van der Waals surface area contributed by atoms with Crippen LogP contribution in [0.4, 0.5) is 0 Å². The van der Waals surface area contributed by atoms with Gasteiger partial charge in [0.2, 0.25) is 0 Å². The summed E-state index contributed by atoms with van der Waals surface area (Å²) in [5.74, 6) is 0.00834. The van der Waals surface area contributed by atoms with Crippen molar-refractivity contribution in [3.8, 4) is 16.9 Å². The maximum Gasteiger partial charge on any atom is 0.335 e. The SMILES string of the molecule is Cc1ccc(-c2cccc3c2OCCC3)cc1C(=O)O. The number of carbonyl (C=O) groups is 1. The number of carboxylic acid groups (broad SMARTS) is 1. The number of carboxylic acids is 1. The fourth-order valence-corrected chi connectivity index (χ4v) is 2.64. The first kappa shape index (κ1) is 12.7.